The van der Waals surface area contributed by atoms with Crippen molar-refractivity contribution in [2.75, 3.05) is 19.8 Å². The van der Waals surface area contributed by atoms with E-state index in [2.05, 4.69) is 5.32 Å². The van der Waals surface area contributed by atoms with Crippen molar-refractivity contribution in [1.82, 2.24) is 5.32 Å². The fourth-order valence-electron chi connectivity index (χ4n) is 2.72. The second-order valence-electron chi connectivity index (χ2n) is 6.45. The van der Waals surface area contributed by atoms with Gasteiger partial charge in [-0.05, 0) is 54.8 Å². The van der Waals surface area contributed by atoms with Crippen molar-refractivity contribution in [2.24, 2.45) is 0 Å². The van der Waals surface area contributed by atoms with Gasteiger partial charge in [-0.25, -0.2) is 9.18 Å². The fraction of sp³-hybridized carbons (Fsp3) is 0.333. The topological polar surface area (TPSA) is 73.9 Å². The smallest absolute Gasteiger partial charge is 0.338 e. The van der Waals surface area contributed by atoms with E-state index in [0.717, 1.165) is 25.0 Å². The molecule has 2 aromatic carbocycles. The predicted molar refractivity (Wildman–Crippen MR) is 99.4 cm³/mol. The highest BCUT2D eigenvalue weighted by Crippen LogP contribution is 2.17. The number of hydrogen-bond donors (Lipinski definition) is 1. The van der Waals surface area contributed by atoms with E-state index in [9.17, 15) is 14.0 Å². The second kappa shape index (κ2) is 9.85. The highest BCUT2D eigenvalue weighted by molar-refractivity contribution is 5.91. The van der Waals surface area contributed by atoms with Crippen molar-refractivity contribution in [3.8, 4) is 5.75 Å². The Morgan fingerprint density at radius 1 is 1.11 bits per heavy atom. The van der Waals surface area contributed by atoms with Crippen molar-refractivity contribution in [1.29, 1.82) is 0 Å². The number of carbonyl (C=O) groups excluding carboxylic acids is 2. The van der Waals surface area contributed by atoms with E-state index in [4.69, 9.17) is 14.2 Å². The Balaban J connectivity index is 1.38. The van der Waals surface area contributed by atoms with Crippen LogP contribution in [0.2, 0.25) is 0 Å². The van der Waals surface area contributed by atoms with Gasteiger partial charge in [0.05, 0.1) is 11.7 Å². The Hall–Kier alpha value is -2.93. The molecule has 0 saturated carbocycles. The van der Waals surface area contributed by atoms with Crippen LogP contribution in [0.15, 0.2) is 48.5 Å². The van der Waals surface area contributed by atoms with E-state index in [0.29, 0.717) is 17.9 Å². The molecular formula is C21H22FNO5. The summed E-state index contributed by atoms with van der Waals surface area (Å²) in [6.45, 7) is 1.10. The monoisotopic (exact) mass is 387 g/mol. The van der Waals surface area contributed by atoms with Crippen LogP contribution in [0.5, 0.6) is 5.75 Å². The minimum atomic E-state index is -0.595. The summed E-state index contributed by atoms with van der Waals surface area (Å²) < 4.78 is 29.0. The summed E-state index contributed by atoms with van der Waals surface area (Å²) in [6, 6.07) is 12.3. The van der Waals surface area contributed by atoms with Crippen LogP contribution in [-0.4, -0.2) is 37.8 Å². The highest BCUT2D eigenvalue weighted by Gasteiger charge is 2.16. The summed E-state index contributed by atoms with van der Waals surface area (Å²) in [5, 5.41) is 2.61. The van der Waals surface area contributed by atoms with Gasteiger partial charge in [0, 0.05) is 13.2 Å². The van der Waals surface area contributed by atoms with Gasteiger partial charge in [-0.2, -0.15) is 0 Å². The van der Waals surface area contributed by atoms with Gasteiger partial charge in [0.1, 0.15) is 18.2 Å². The summed E-state index contributed by atoms with van der Waals surface area (Å²) in [7, 11) is 0. The van der Waals surface area contributed by atoms with Crippen LogP contribution in [-0.2, 0) is 20.8 Å². The van der Waals surface area contributed by atoms with Gasteiger partial charge in [0.15, 0.2) is 6.61 Å². The Bertz CT molecular complexity index is 785. The fourth-order valence-corrected chi connectivity index (χ4v) is 2.72. The summed E-state index contributed by atoms with van der Waals surface area (Å²) in [5.74, 6) is -0.729. The first-order valence-corrected chi connectivity index (χ1v) is 9.13. The third-order valence-electron chi connectivity index (χ3n) is 4.29. The lowest BCUT2D eigenvalue weighted by atomic mass is 10.2. The summed E-state index contributed by atoms with van der Waals surface area (Å²) in [6.07, 6.45) is 2.17. The molecule has 1 aliphatic heterocycles. The molecule has 1 atom stereocenters. The number of esters is 1. The van der Waals surface area contributed by atoms with E-state index in [1.54, 1.807) is 36.4 Å². The third kappa shape index (κ3) is 6.06. The number of hydrogen-bond acceptors (Lipinski definition) is 5. The molecule has 3 rings (SSSR count). The molecule has 1 saturated heterocycles. The first kappa shape index (κ1) is 19.8. The maximum Gasteiger partial charge on any atom is 0.338 e. The van der Waals surface area contributed by atoms with Crippen LogP contribution in [0.3, 0.4) is 0 Å². The number of nitrogens with one attached hydrogen (secondary N) is 1. The largest absolute Gasteiger partial charge is 0.491 e. The zero-order chi connectivity index (χ0) is 19.8. The standard InChI is InChI=1S/C21H22FNO5/c22-17-7-3-15(4-8-17)12-23-20(24)14-28-21(25)16-5-9-18(10-6-16)27-13-19-2-1-11-26-19/h3-10,19H,1-2,11-14H2,(H,23,24)/t19-/m0/s1. The van der Waals surface area contributed by atoms with Gasteiger partial charge >= 0.3 is 5.97 Å². The van der Waals surface area contributed by atoms with Crippen LogP contribution >= 0.6 is 0 Å². The van der Waals surface area contributed by atoms with Gasteiger partial charge in [0.25, 0.3) is 5.91 Å². The molecule has 0 radical (unpaired) electrons. The Labute approximate surface area is 162 Å². The van der Waals surface area contributed by atoms with Crippen LogP contribution in [0.1, 0.15) is 28.8 Å². The van der Waals surface area contributed by atoms with Gasteiger partial charge in [-0.15, -0.1) is 0 Å². The minimum absolute atomic E-state index is 0.123. The molecule has 1 heterocycles. The Morgan fingerprint density at radius 3 is 2.54 bits per heavy atom. The number of ether oxygens (including phenoxy) is 3. The normalized spacial score (nSPS) is 15.8. The lowest BCUT2D eigenvalue weighted by Crippen LogP contribution is -2.28. The molecule has 6 nitrogen and oxygen atoms in total. The molecule has 1 aliphatic rings. The predicted octanol–water partition coefficient (Wildman–Crippen LogP) is 2.86. The van der Waals surface area contributed by atoms with Crippen molar-refractivity contribution < 1.29 is 28.2 Å². The van der Waals surface area contributed by atoms with E-state index in [-0.39, 0.29) is 18.5 Å². The molecule has 7 heteroatoms. The third-order valence-corrected chi connectivity index (χ3v) is 4.29. The first-order chi connectivity index (χ1) is 13.6. The molecule has 148 valence electrons. The molecule has 1 fully saturated rings. The SMILES string of the molecule is O=C(COC(=O)c1ccc(OC[C@@H]2CCCO2)cc1)NCc1ccc(F)cc1. The second-order valence-corrected chi connectivity index (χ2v) is 6.45. The number of amides is 1. The van der Waals surface area contributed by atoms with Crippen molar-refractivity contribution in [3.05, 3.63) is 65.5 Å². The molecular weight excluding hydrogens is 365 g/mol. The zero-order valence-electron chi connectivity index (χ0n) is 15.4. The summed E-state index contributed by atoms with van der Waals surface area (Å²) in [4.78, 5) is 23.8. The molecule has 28 heavy (non-hydrogen) atoms. The highest BCUT2D eigenvalue weighted by atomic mass is 19.1. The summed E-state index contributed by atoms with van der Waals surface area (Å²) >= 11 is 0. The molecule has 1 amide bonds. The van der Waals surface area contributed by atoms with Crippen LogP contribution in [0.25, 0.3) is 0 Å². The quantitative estimate of drug-likeness (QED) is 0.705. The maximum atomic E-state index is 12.8. The van der Waals surface area contributed by atoms with E-state index < -0.39 is 18.5 Å². The minimum Gasteiger partial charge on any atom is -0.491 e. The van der Waals surface area contributed by atoms with E-state index in [1.807, 2.05) is 0 Å². The van der Waals surface area contributed by atoms with Gasteiger partial charge in [-0.3, -0.25) is 4.79 Å². The molecule has 0 bridgehead atoms. The maximum absolute atomic E-state index is 12.8. The van der Waals surface area contributed by atoms with Gasteiger partial charge < -0.3 is 19.5 Å². The van der Waals surface area contributed by atoms with Gasteiger partial charge in [0.2, 0.25) is 0 Å². The van der Waals surface area contributed by atoms with Crippen molar-refractivity contribution >= 4 is 11.9 Å². The van der Waals surface area contributed by atoms with Crippen LogP contribution < -0.4 is 10.1 Å². The number of rotatable bonds is 8. The number of halogens is 1. The number of carbonyl (C=O) groups is 2. The lowest BCUT2D eigenvalue weighted by Gasteiger charge is -2.11. The average molecular weight is 387 g/mol. The van der Waals surface area contributed by atoms with Crippen LogP contribution in [0, 0.1) is 5.82 Å². The van der Waals surface area contributed by atoms with E-state index >= 15 is 0 Å². The Kier molecular flexibility index (Phi) is 6.97. The zero-order valence-corrected chi connectivity index (χ0v) is 15.4. The van der Waals surface area contributed by atoms with Crippen molar-refractivity contribution in [2.45, 2.75) is 25.5 Å². The lowest BCUT2D eigenvalue weighted by molar-refractivity contribution is -0.124. The molecule has 0 aromatic heterocycles. The number of benzene rings is 2. The molecule has 0 spiro atoms. The summed E-state index contributed by atoms with van der Waals surface area (Å²) in [5.41, 5.74) is 1.08. The van der Waals surface area contributed by atoms with Crippen molar-refractivity contribution in [3.63, 3.8) is 0 Å². The molecule has 2 aromatic rings. The molecule has 0 unspecified atom stereocenters. The molecule has 0 aliphatic carbocycles. The molecule has 1 N–H and O–H groups in total. The van der Waals surface area contributed by atoms with Gasteiger partial charge in [-0.1, -0.05) is 12.1 Å². The van der Waals surface area contributed by atoms with Crippen LogP contribution in [0.4, 0.5) is 4.39 Å². The van der Waals surface area contributed by atoms with E-state index in [1.165, 1.54) is 12.1 Å². The Morgan fingerprint density at radius 2 is 1.86 bits per heavy atom. The average Bonchev–Trinajstić information content (AvgIpc) is 3.24. The first-order valence-electron chi connectivity index (χ1n) is 9.13.